The quantitative estimate of drug-likeness (QED) is 0.711. The number of hydrogen-bond donors (Lipinski definition) is 2. The topological polar surface area (TPSA) is 44.4 Å². The van der Waals surface area contributed by atoms with Gasteiger partial charge in [0.2, 0.25) is 0 Å². The summed E-state index contributed by atoms with van der Waals surface area (Å²) < 4.78 is 0. The smallest absolute Gasteiger partial charge is 0.315 e. The number of nitrogens with one attached hydrogen (secondary N) is 2. The minimum absolute atomic E-state index is 0.0806. The number of rotatable bonds is 8. The molecule has 4 nitrogen and oxygen atoms in total. The molecule has 0 aliphatic rings. The van der Waals surface area contributed by atoms with Crippen LogP contribution in [0, 0.1) is 0 Å². The Balaban J connectivity index is 2.03. The second-order valence-electron chi connectivity index (χ2n) is 4.07. The second kappa shape index (κ2) is 8.94. The molecule has 0 fully saturated rings. The Bertz CT molecular complexity index is 323. The molecule has 0 radical (unpaired) electrons. The number of nitrogens with zero attached hydrogens (tertiary/aromatic N) is 1. The van der Waals surface area contributed by atoms with E-state index < -0.39 is 0 Å². The SMILES string of the molecule is CCN(CC)CCCNC(=O)NCc1cccs1. The Labute approximate surface area is 113 Å². The van der Waals surface area contributed by atoms with Crippen molar-refractivity contribution < 1.29 is 4.79 Å². The molecule has 0 spiro atoms. The average molecular weight is 269 g/mol. The van der Waals surface area contributed by atoms with E-state index in [0.717, 1.165) is 32.6 Å². The van der Waals surface area contributed by atoms with Crippen molar-refractivity contribution in [3.8, 4) is 0 Å². The van der Waals surface area contributed by atoms with Gasteiger partial charge < -0.3 is 15.5 Å². The zero-order valence-corrected chi connectivity index (χ0v) is 12.1. The summed E-state index contributed by atoms with van der Waals surface area (Å²) in [5, 5.41) is 7.74. The number of hydrogen-bond acceptors (Lipinski definition) is 3. The highest BCUT2D eigenvalue weighted by Crippen LogP contribution is 2.06. The van der Waals surface area contributed by atoms with Gasteiger partial charge in [-0.2, -0.15) is 0 Å². The van der Waals surface area contributed by atoms with Gasteiger partial charge in [-0.05, 0) is 37.5 Å². The summed E-state index contributed by atoms with van der Waals surface area (Å²) in [5.41, 5.74) is 0. The van der Waals surface area contributed by atoms with Crippen LogP contribution in [0.25, 0.3) is 0 Å². The first-order valence-corrected chi connectivity index (χ1v) is 7.40. The Morgan fingerprint density at radius 2 is 2.11 bits per heavy atom. The van der Waals surface area contributed by atoms with Crippen LogP contribution < -0.4 is 10.6 Å². The van der Waals surface area contributed by atoms with E-state index in [1.165, 1.54) is 4.88 Å². The van der Waals surface area contributed by atoms with Gasteiger partial charge in [-0.25, -0.2) is 4.79 Å². The maximum atomic E-state index is 11.5. The fraction of sp³-hybridized carbons (Fsp3) is 0.615. The highest BCUT2D eigenvalue weighted by atomic mass is 32.1. The Morgan fingerprint density at radius 3 is 2.72 bits per heavy atom. The van der Waals surface area contributed by atoms with Gasteiger partial charge >= 0.3 is 6.03 Å². The molecule has 1 aromatic rings. The molecule has 5 heteroatoms. The summed E-state index contributed by atoms with van der Waals surface area (Å²) in [7, 11) is 0. The molecule has 18 heavy (non-hydrogen) atoms. The minimum Gasteiger partial charge on any atom is -0.338 e. The molecule has 1 heterocycles. The molecule has 2 N–H and O–H groups in total. The molecule has 1 rings (SSSR count). The average Bonchev–Trinajstić information content (AvgIpc) is 2.90. The highest BCUT2D eigenvalue weighted by Gasteiger charge is 2.01. The van der Waals surface area contributed by atoms with Crippen LogP contribution in [-0.4, -0.2) is 37.1 Å². The standard InChI is InChI=1S/C13H23N3OS/c1-3-16(4-2)9-6-8-14-13(17)15-11-12-7-5-10-18-12/h5,7,10H,3-4,6,8-9,11H2,1-2H3,(H2,14,15,17). The third-order valence-electron chi connectivity index (χ3n) is 2.83. The van der Waals surface area contributed by atoms with Gasteiger partial charge in [-0.15, -0.1) is 11.3 Å². The molecule has 0 bridgehead atoms. The zero-order valence-electron chi connectivity index (χ0n) is 11.2. The summed E-state index contributed by atoms with van der Waals surface area (Å²) in [6.07, 6.45) is 0.994. The van der Waals surface area contributed by atoms with Crippen LogP contribution in [0.5, 0.6) is 0 Å². The molecule has 0 aliphatic carbocycles. The number of urea groups is 1. The van der Waals surface area contributed by atoms with E-state index in [1.807, 2.05) is 17.5 Å². The van der Waals surface area contributed by atoms with Crippen LogP contribution in [0.2, 0.25) is 0 Å². The molecule has 0 atom stereocenters. The van der Waals surface area contributed by atoms with Crippen LogP contribution in [0.15, 0.2) is 17.5 Å². The Kier molecular flexibility index (Phi) is 7.44. The zero-order chi connectivity index (χ0) is 13.2. The monoisotopic (exact) mass is 269 g/mol. The number of carbonyl (C=O) groups excluding carboxylic acids is 1. The van der Waals surface area contributed by atoms with Gasteiger partial charge in [0.1, 0.15) is 0 Å². The number of amides is 2. The first-order valence-electron chi connectivity index (χ1n) is 6.52. The summed E-state index contributed by atoms with van der Waals surface area (Å²) in [5.74, 6) is 0. The third-order valence-corrected chi connectivity index (χ3v) is 3.71. The molecular formula is C13H23N3OS. The van der Waals surface area contributed by atoms with Crippen LogP contribution in [0.3, 0.4) is 0 Å². The van der Waals surface area contributed by atoms with Crippen LogP contribution in [0.4, 0.5) is 4.79 Å². The lowest BCUT2D eigenvalue weighted by atomic mass is 10.3. The summed E-state index contributed by atoms with van der Waals surface area (Å²) in [4.78, 5) is 15.0. The molecule has 0 saturated heterocycles. The Morgan fingerprint density at radius 1 is 1.33 bits per heavy atom. The van der Waals surface area contributed by atoms with E-state index in [-0.39, 0.29) is 6.03 Å². The van der Waals surface area contributed by atoms with Crippen molar-refractivity contribution in [3.05, 3.63) is 22.4 Å². The third kappa shape index (κ3) is 6.02. The fourth-order valence-electron chi connectivity index (χ4n) is 1.69. The number of carbonyl (C=O) groups is 1. The first kappa shape index (κ1) is 15.0. The van der Waals surface area contributed by atoms with Crippen LogP contribution in [0.1, 0.15) is 25.1 Å². The second-order valence-corrected chi connectivity index (χ2v) is 5.10. The molecule has 0 aromatic carbocycles. The Hall–Kier alpha value is -1.07. The largest absolute Gasteiger partial charge is 0.338 e. The van der Waals surface area contributed by atoms with Crippen molar-refractivity contribution in [1.29, 1.82) is 0 Å². The van der Waals surface area contributed by atoms with Crippen molar-refractivity contribution >= 4 is 17.4 Å². The van der Waals surface area contributed by atoms with Crippen molar-refractivity contribution in [1.82, 2.24) is 15.5 Å². The molecule has 102 valence electrons. The minimum atomic E-state index is -0.0806. The molecule has 0 saturated carbocycles. The first-order chi connectivity index (χ1) is 8.76. The molecule has 0 unspecified atom stereocenters. The summed E-state index contributed by atoms with van der Waals surface area (Å²) >= 11 is 1.65. The van der Waals surface area contributed by atoms with Gasteiger partial charge in [0.05, 0.1) is 6.54 Å². The van der Waals surface area contributed by atoms with Gasteiger partial charge in [0, 0.05) is 11.4 Å². The lowest BCUT2D eigenvalue weighted by molar-refractivity contribution is 0.239. The van der Waals surface area contributed by atoms with E-state index in [9.17, 15) is 4.79 Å². The lowest BCUT2D eigenvalue weighted by Crippen LogP contribution is -2.36. The van der Waals surface area contributed by atoms with Crippen molar-refractivity contribution in [2.45, 2.75) is 26.8 Å². The fourth-order valence-corrected chi connectivity index (χ4v) is 2.33. The normalized spacial score (nSPS) is 10.6. The summed E-state index contributed by atoms with van der Waals surface area (Å²) in [6.45, 7) is 8.84. The van der Waals surface area contributed by atoms with E-state index in [1.54, 1.807) is 11.3 Å². The van der Waals surface area contributed by atoms with Gasteiger partial charge in [0.15, 0.2) is 0 Å². The van der Waals surface area contributed by atoms with Gasteiger partial charge in [-0.3, -0.25) is 0 Å². The van der Waals surface area contributed by atoms with Crippen molar-refractivity contribution in [2.24, 2.45) is 0 Å². The molecule has 0 aliphatic heterocycles. The molecular weight excluding hydrogens is 246 g/mol. The van der Waals surface area contributed by atoms with Crippen LogP contribution in [-0.2, 0) is 6.54 Å². The summed E-state index contributed by atoms with van der Waals surface area (Å²) in [6, 6.07) is 3.93. The maximum Gasteiger partial charge on any atom is 0.315 e. The van der Waals surface area contributed by atoms with E-state index >= 15 is 0 Å². The molecule has 2 amide bonds. The van der Waals surface area contributed by atoms with Gasteiger partial charge in [-0.1, -0.05) is 19.9 Å². The van der Waals surface area contributed by atoms with Crippen molar-refractivity contribution in [2.75, 3.05) is 26.2 Å². The molecule has 1 aromatic heterocycles. The van der Waals surface area contributed by atoms with Crippen LogP contribution >= 0.6 is 11.3 Å². The van der Waals surface area contributed by atoms with E-state index in [4.69, 9.17) is 0 Å². The lowest BCUT2D eigenvalue weighted by Gasteiger charge is -2.17. The van der Waals surface area contributed by atoms with Crippen molar-refractivity contribution in [3.63, 3.8) is 0 Å². The highest BCUT2D eigenvalue weighted by molar-refractivity contribution is 7.09. The van der Waals surface area contributed by atoms with E-state index in [2.05, 4.69) is 29.4 Å². The number of thiophene rings is 1. The van der Waals surface area contributed by atoms with E-state index in [0.29, 0.717) is 6.54 Å². The van der Waals surface area contributed by atoms with Gasteiger partial charge in [0.25, 0.3) is 0 Å². The predicted molar refractivity (Wildman–Crippen MR) is 77.0 cm³/mol. The maximum absolute atomic E-state index is 11.5. The predicted octanol–water partition coefficient (Wildman–Crippen LogP) is 2.28.